The van der Waals surface area contributed by atoms with Crippen molar-refractivity contribution in [3.05, 3.63) is 41.8 Å². The fourth-order valence-electron chi connectivity index (χ4n) is 3.70. The second-order valence-corrected chi connectivity index (χ2v) is 11.5. The lowest BCUT2D eigenvalue weighted by Crippen LogP contribution is -2.37. The highest BCUT2D eigenvalue weighted by Gasteiger charge is 2.37. The van der Waals surface area contributed by atoms with Crippen molar-refractivity contribution in [3.63, 3.8) is 0 Å². The third-order valence-electron chi connectivity index (χ3n) is 5.64. The Morgan fingerprint density at radius 1 is 1.21 bits per heavy atom. The van der Waals surface area contributed by atoms with Crippen LogP contribution in [0.5, 0.6) is 5.75 Å². The van der Waals surface area contributed by atoms with E-state index in [0.717, 1.165) is 22.5 Å². The van der Waals surface area contributed by atoms with Crippen LogP contribution in [-0.2, 0) is 10.0 Å². The molecule has 1 aromatic carbocycles. The smallest absolute Gasteiger partial charge is 0.260 e. The summed E-state index contributed by atoms with van der Waals surface area (Å²) >= 11 is 0. The van der Waals surface area contributed by atoms with Gasteiger partial charge in [-0.15, -0.1) is 4.09 Å². The van der Waals surface area contributed by atoms with E-state index in [1.165, 1.54) is 31.2 Å². The molecular weight excluding hydrogens is 393 g/mol. The van der Waals surface area contributed by atoms with E-state index in [2.05, 4.69) is 5.10 Å². The minimum Gasteiger partial charge on any atom is -0.493 e. The summed E-state index contributed by atoms with van der Waals surface area (Å²) in [4.78, 5) is 2.01. The Bertz CT molecular complexity index is 993. The molecule has 4 rings (SSSR count). The van der Waals surface area contributed by atoms with Crippen molar-refractivity contribution in [3.8, 4) is 5.75 Å². The highest BCUT2D eigenvalue weighted by atomic mass is 32.2. The maximum absolute atomic E-state index is 14.1. The predicted octanol–water partition coefficient (Wildman–Crippen LogP) is 4.13. The molecule has 6 nitrogen and oxygen atoms in total. The molecule has 1 aliphatic heterocycles. The fraction of sp³-hybridized carbons (Fsp3) is 0.571. The van der Waals surface area contributed by atoms with Crippen LogP contribution in [0.4, 0.5) is 10.2 Å². The van der Waals surface area contributed by atoms with E-state index in [-0.39, 0.29) is 11.9 Å². The maximum Gasteiger partial charge on any atom is 0.260 e. The molecule has 2 heterocycles. The normalized spacial score (nSPS) is 20.3. The summed E-state index contributed by atoms with van der Waals surface area (Å²) in [6.45, 7) is 6.29. The van der Waals surface area contributed by atoms with Gasteiger partial charge in [-0.1, -0.05) is 0 Å². The van der Waals surface area contributed by atoms with E-state index in [0.29, 0.717) is 30.6 Å². The van der Waals surface area contributed by atoms with Crippen LogP contribution in [0, 0.1) is 11.7 Å². The van der Waals surface area contributed by atoms with Gasteiger partial charge in [0.1, 0.15) is 17.4 Å². The minimum atomic E-state index is -3.68. The van der Waals surface area contributed by atoms with Crippen molar-refractivity contribution in [2.75, 3.05) is 18.1 Å². The molecule has 2 aromatic rings. The number of benzene rings is 1. The lowest BCUT2D eigenvalue weighted by atomic mass is 10.0. The molecular formula is C21H28FN3O3S. The average molecular weight is 422 g/mol. The molecule has 2 fully saturated rings. The first kappa shape index (κ1) is 20.2. The Kier molecular flexibility index (Phi) is 5.09. The van der Waals surface area contributed by atoms with E-state index < -0.39 is 14.8 Å². The third-order valence-corrected chi connectivity index (χ3v) is 7.93. The zero-order valence-electron chi connectivity index (χ0n) is 17.1. The predicted molar refractivity (Wildman–Crippen MR) is 110 cm³/mol. The first-order valence-corrected chi connectivity index (χ1v) is 11.6. The van der Waals surface area contributed by atoms with Crippen molar-refractivity contribution in [2.45, 2.75) is 57.2 Å². The Morgan fingerprint density at radius 2 is 1.97 bits per heavy atom. The average Bonchev–Trinajstić information content (AvgIpc) is 3.15. The van der Waals surface area contributed by atoms with Crippen LogP contribution in [0.2, 0.25) is 0 Å². The van der Waals surface area contributed by atoms with Gasteiger partial charge in [0.2, 0.25) is 0 Å². The van der Waals surface area contributed by atoms with Gasteiger partial charge < -0.3 is 9.64 Å². The molecule has 0 N–H and O–H groups in total. The van der Waals surface area contributed by atoms with Gasteiger partial charge in [0, 0.05) is 18.2 Å². The van der Waals surface area contributed by atoms with Gasteiger partial charge in [-0.3, -0.25) is 0 Å². The molecule has 1 aromatic heterocycles. The van der Waals surface area contributed by atoms with E-state index >= 15 is 0 Å². The quantitative estimate of drug-likeness (QED) is 0.702. The Morgan fingerprint density at radius 3 is 2.66 bits per heavy atom. The van der Waals surface area contributed by atoms with Crippen molar-refractivity contribution >= 4 is 15.8 Å². The van der Waals surface area contributed by atoms with Crippen LogP contribution in [0.15, 0.2) is 30.5 Å². The monoisotopic (exact) mass is 421 g/mol. The molecule has 1 saturated carbocycles. The molecule has 158 valence electrons. The number of ether oxygens (including phenoxy) is 1. The molecule has 1 atom stereocenters. The number of hydrogen-bond acceptors (Lipinski definition) is 5. The first-order valence-electron chi connectivity index (χ1n) is 10.2. The molecule has 1 aliphatic carbocycles. The second kappa shape index (κ2) is 7.31. The van der Waals surface area contributed by atoms with E-state index in [9.17, 15) is 12.8 Å². The largest absolute Gasteiger partial charge is 0.493 e. The summed E-state index contributed by atoms with van der Waals surface area (Å²) in [6.07, 6.45) is 5.53. The number of rotatable bonds is 6. The minimum absolute atomic E-state index is 0.162. The van der Waals surface area contributed by atoms with Crippen LogP contribution in [-0.4, -0.2) is 35.5 Å². The summed E-state index contributed by atoms with van der Waals surface area (Å²) in [6, 6.07) is 6.17. The molecule has 1 saturated heterocycles. The van der Waals surface area contributed by atoms with Crippen LogP contribution in [0.25, 0.3) is 0 Å². The van der Waals surface area contributed by atoms with Crippen LogP contribution < -0.4 is 9.64 Å². The molecule has 0 bridgehead atoms. The molecule has 0 unspecified atom stereocenters. The third kappa shape index (κ3) is 3.86. The van der Waals surface area contributed by atoms with Gasteiger partial charge in [0.25, 0.3) is 10.0 Å². The molecule has 29 heavy (non-hydrogen) atoms. The molecule has 0 amide bonds. The summed E-state index contributed by atoms with van der Waals surface area (Å²) in [7, 11) is -3.68. The summed E-state index contributed by atoms with van der Waals surface area (Å²) < 4.78 is 46.3. The van der Waals surface area contributed by atoms with Crippen molar-refractivity contribution < 1.29 is 17.5 Å². The second-order valence-electron chi connectivity index (χ2n) is 8.94. The fourth-order valence-corrected chi connectivity index (χ4v) is 4.81. The van der Waals surface area contributed by atoms with Crippen molar-refractivity contribution in [2.24, 2.45) is 5.92 Å². The number of aromatic nitrogens is 2. The van der Waals surface area contributed by atoms with Gasteiger partial charge in [-0.2, -0.15) is 5.10 Å². The van der Waals surface area contributed by atoms with Gasteiger partial charge in [0.15, 0.2) is 0 Å². The van der Waals surface area contributed by atoms with Gasteiger partial charge in [0.05, 0.1) is 23.6 Å². The van der Waals surface area contributed by atoms with E-state index in [1.54, 1.807) is 32.9 Å². The zero-order chi connectivity index (χ0) is 20.8. The molecule has 0 spiro atoms. The number of halogens is 1. The first-order chi connectivity index (χ1) is 13.7. The van der Waals surface area contributed by atoms with E-state index in [1.807, 2.05) is 4.90 Å². The van der Waals surface area contributed by atoms with E-state index in [4.69, 9.17) is 4.74 Å². The lowest BCUT2D eigenvalue weighted by Gasteiger charge is -2.30. The van der Waals surface area contributed by atoms with Crippen LogP contribution >= 0.6 is 0 Å². The summed E-state index contributed by atoms with van der Waals surface area (Å²) in [5.74, 6) is 1.46. The highest BCUT2D eigenvalue weighted by molar-refractivity contribution is 7.91. The Hall–Kier alpha value is -2.09. The highest BCUT2D eigenvalue weighted by Crippen LogP contribution is 2.41. The summed E-state index contributed by atoms with van der Waals surface area (Å²) in [5.41, 5.74) is 0.768. The topological polar surface area (TPSA) is 64.4 Å². The maximum atomic E-state index is 14.1. The number of hydrogen-bond donors (Lipinski definition) is 0. The van der Waals surface area contributed by atoms with Gasteiger partial charge >= 0.3 is 0 Å². The SMILES string of the molecule is CC(C)(C)S(=O)(=O)n1nccc1N1CCC[C@@H]1c1cc(F)ccc1OCC1CC1. The van der Waals surface area contributed by atoms with Crippen LogP contribution in [0.3, 0.4) is 0 Å². The lowest BCUT2D eigenvalue weighted by molar-refractivity contribution is 0.294. The zero-order valence-corrected chi connectivity index (χ0v) is 18.0. The Balaban J connectivity index is 1.70. The molecule has 8 heteroatoms. The van der Waals surface area contributed by atoms with Gasteiger partial charge in [-0.05, 0) is 70.6 Å². The molecule has 0 radical (unpaired) electrons. The standard InChI is InChI=1S/C21H28FN3O3S/c1-21(2,3)29(26,27)25-20(10-11-23-25)24-12-4-5-18(24)17-13-16(22)8-9-19(17)28-14-15-6-7-15/h8-11,13,15,18H,4-7,12,14H2,1-3H3/t18-/m1/s1. The van der Waals surface area contributed by atoms with Gasteiger partial charge in [-0.25, -0.2) is 12.8 Å². The van der Waals surface area contributed by atoms with Crippen LogP contribution in [0.1, 0.15) is 58.1 Å². The number of anilines is 1. The van der Waals surface area contributed by atoms with Crippen molar-refractivity contribution in [1.29, 1.82) is 0 Å². The number of nitrogens with zero attached hydrogens (tertiary/aromatic N) is 3. The summed E-state index contributed by atoms with van der Waals surface area (Å²) in [5, 5.41) is 4.12. The Labute approximate surface area is 171 Å². The van der Waals surface area contributed by atoms with Crippen molar-refractivity contribution in [1.82, 2.24) is 9.19 Å². The molecule has 2 aliphatic rings.